The summed E-state index contributed by atoms with van der Waals surface area (Å²) in [5.41, 5.74) is 4.13. The van der Waals surface area contributed by atoms with E-state index in [1.165, 1.54) is 24.0 Å². The number of nitrogens with one attached hydrogen (secondary N) is 1. The van der Waals surface area contributed by atoms with Gasteiger partial charge in [-0.25, -0.2) is 4.79 Å². The molecule has 0 aliphatic carbocycles. The van der Waals surface area contributed by atoms with Crippen molar-refractivity contribution in [1.29, 1.82) is 0 Å². The fourth-order valence-electron chi connectivity index (χ4n) is 3.16. The molecule has 6 heteroatoms. The highest BCUT2D eigenvalue weighted by molar-refractivity contribution is 7.15. The van der Waals surface area contributed by atoms with Crippen LogP contribution in [-0.2, 0) is 22.4 Å². The fraction of sp³-hybridized carbons (Fsp3) is 0.200. The molecule has 1 amide bonds. The first kappa shape index (κ1) is 22.3. The van der Waals surface area contributed by atoms with Crippen LogP contribution in [0.3, 0.4) is 0 Å². The highest BCUT2D eigenvalue weighted by atomic mass is 32.1. The number of methoxy groups -OCH3 is 1. The number of benzene rings is 2. The monoisotopic (exact) mass is 435 g/mol. The van der Waals surface area contributed by atoms with Gasteiger partial charge in [0.1, 0.15) is 16.3 Å². The van der Waals surface area contributed by atoms with Gasteiger partial charge in [-0.05, 0) is 35.6 Å². The number of carbonyl (C=O) groups excluding carboxylic acids is 2. The fourth-order valence-corrected chi connectivity index (χ4v) is 4.14. The summed E-state index contributed by atoms with van der Waals surface area (Å²) < 4.78 is 10.7. The molecule has 160 valence electrons. The number of thiophene rings is 1. The predicted molar refractivity (Wildman–Crippen MR) is 125 cm³/mol. The Morgan fingerprint density at radius 3 is 2.55 bits per heavy atom. The lowest BCUT2D eigenvalue weighted by molar-refractivity contribution is -0.118. The molecule has 31 heavy (non-hydrogen) atoms. The summed E-state index contributed by atoms with van der Waals surface area (Å²) in [5, 5.41) is 5.08. The average molecular weight is 436 g/mol. The number of para-hydroxylation sites is 1. The van der Waals surface area contributed by atoms with Crippen molar-refractivity contribution in [2.24, 2.45) is 0 Å². The first-order chi connectivity index (χ1) is 15.1. The third-order valence-electron chi connectivity index (χ3n) is 4.80. The van der Waals surface area contributed by atoms with Gasteiger partial charge in [0.05, 0.1) is 7.11 Å². The number of allylic oxidation sites excluding steroid dienone is 1. The minimum atomic E-state index is -0.497. The Morgan fingerprint density at radius 2 is 1.87 bits per heavy atom. The Balaban J connectivity index is 1.78. The lowest BCUT2D eigenvalue weighted by Gasteiger charge is -2.11. The molecule has 1 N–H and O–H groups in total. The Morgan fingerprint density at radius 1 is 1.13 bits per heavy atom. The van der Waals surface area contributed by atoms with Crippen molar-refractivity contribution in [1.82, 2.24) is 0 Å². The number of hydrogen-bond donors (Lipinski definition) is 1. The van der Waals surface area contributed by atoms with Crippen LogP contribution in [0.15, 0.2) is 66.6 Å². The summed E-state index contributed by atoms with van der Waals surface area (Å²) in [7, 11) is 1.33. The molecule has 0 unspecified atom stereocenters. The number of esters is 1. The van der Waals surface area contributed by atoms with E-state index in [1.54, 1.807) is 6.08 Å². The smallest absolute Gasteiger partial charge is 0.341 e. The van der Waals surface area contributed by atoms with E-state index in [0.29, 0.717) is 22.7 Å². The summed E-state index contributed by atoms with van der Waals surface area (Å²) in [6, 6.07) is 15.5. The minimum Gasteiger partial charge on any atom is -0.483 e. The number of amides is 1. The maximum Gasteiger partial charge on any atom is 0.341 e. The summed E-state index contributed by atoms with van der Waals surface area (Å²) >= 11 is 1.28. The molecule has 3 aromatic rings. The second-order valence-corrected chi connectivity index (χ2v) is 7.71. The van der Waals surface area contributed by atoms with E-state index in [2.05, 4.69) is 18.8 Å². The zero-order valence-electron chi connectivity index (χ0n) is 17.6. The number of hydrogen-bond acceptors (Lipinski definition) is 5. The number of carbonyl (C=O) groups is 2. The van der Waals surface area contributed by atoms with Crippen molar-refractivity contribution in [3.8, 4) is 16.9 Å². The molecule has 1 aromatic heterocycles. The van der Waals surface area contributed by atoms with Gasteiger partial charge in [-0.15, -0.1) is 17.9 Å². The first-order valence-electron chi connectivity index (χ1n) is 9.97. The third-order valence-corrected chi connectivity index (χ3v) is 5.70. The summed E-state index contributed by atoms with van der Waals surface area (Å²) in [6.45, 7) is 5.66. The first-order valence-corrected chi connectivity index (χ1v) is 10.9. The van der Waals surface area contributed by atoms with Crippen molar-refractivity contribution in [2.45, 2.75) is 19.8 Å². The topological polar surface area (TPSA) is 64.6 Å². The number of anilines is 1. The van der Waals surface area contributed by atoms with E-state index < -0.39 is 5.97 Å². The van der Waals surface area contributed by atoms with Crippen LogP contribution in [0, 0.1) is 0 Å². The quantitative estimate of drug-likeness (QED) is 0.356. The van der Waals surface area contributed by atoms with E-state index in [4.69, 9.17) is 9.47 Å². The second-order valence-electron chi connectivity index (χ2n) is 6.83. The second kappa shape index (κ2) is 10.6. The minimum absolute atomic E-state index is 0.173. The molecule has 0 saturated carbocycles. The maximum absolute atomic E-state index is 12.5. The van der Waals surface area contributed by atoms with Gasteiger partial charge in [0.15, 0.2) is 6.61 Å². The van der Waals surface area contributed by atoms with Crippen molar-refractivity contribution in [3.05, 3.63) is 83.3 Å². The molecule has 2 aromatic carbocycles. The van der Waals surface area contributed by atoms with Gasteiger partial charge in [-0.2, -0.15) is 0 Å². The van der Waals surface area contributed by atoms with Gasteiger partial charge in [0.25, 0.3) is 5.91 Å². The van der Waals surface area contributed by atoms with Gasteiger partial charge in [-0.3, -0.25) is 4.79 Å². The Kier molecular flexibility index (Phi) is 7.62. The van der Waals surface area contributed by atoms with Crippen LogP contribution in [0.4, 0.5) is 5.00 Å². The summed E-state index contributed by atoms with van der Waals surface area (Å²) in [6.07, 6.45) is 3.37. The van der Waals surface area contributed by atoms with Crippen LogP contribution in [0.1, 0.15) is 28.4 Å². The van der Waals surface area contributed by atoms with Crippen LogP contribution in [0.5, 0.6) is 5.75 Å². The molecule has 0 radical (unpaired) electrons. The summed E-state index contributed by atoms with van der Waals surface area (Å²) in [5.74, 6) is -0.217. The molecule has 0 fully saturated rings. The van der Waals surface area contributed by atoms with Gasteiger partial charge in [0, 0.05) is 10.9 Å². The Labute approximate surface area is 186 Å². The molecule has 0 aliphatic rings. The molecular formula is C25H25NO4S. The molecular weight excluding hydrogens is 410 g/mol. The molecule has 0 aliphatic heterocycles. The van der Waals surface area contributed by atoms with Gasteiger partial charge in [0.2, 0.25) is 0 Å². The van der Waals surface area contributed by atoms with Crippen molar-refractivity contribution in [2.75, 3.05) is 19.0 Å². The van der Waals surface area contributed by atoms with Crippen LogP contribution >= 0.6 is 11.3 Å². The summed E-state index contributed by atoms with van der Waals surface area (Å²) in [4.78, 5) is 25.0. The van der Waals surface area contributed by atoms with Crippen LogP contribution in [0.2, 0.25) is 0 Å². The number of aryl methyl sites for hydroxylation is 1. The van der Waals surface area contributed by atoms with E-state index in [9.17, 15) is 9.59 Å². The van der Waals surface area contributed by atoms with Crippen molar-refractivity contribution >= 4 is 28.2 Å². The van der Waals surface area contributed by atoms with Gasteiger partial charge >= 0.3 is 5.97 Å². The molecule has 3 rings (SSSR count). The van der Waals surface area contributed by atoms with Crippen molar-refractivity contribution in [3.63, 3.8) is 0 Å². The van der Waals surface area contributed by atoms with Crippen LogP contribution in [0.25, 0.3) is 11.1 Å². The van der Waals surface area contributed by atoms with Crippen LogP contribution < -0.4 is 10.1 Å². The normalized spacial score (nSPS) is 10.4. The highest BCUT2D eigenvalue weighted by Crippen LogP contribution is 2.36. The molecule has 0 bridgehead atoms. The van der Waals surface area contributed by atoms with Crippen LogP contribution in [-0.4, -0.2) is 25.6 Å². The van der Waals surface area contributed by atoms with Gasteiger partial charge < -0.3 is 14.8 Å². The van der Waals surface area contributed by atoms with E-state index in [-0.39, 0.29) is 12.5 Å². The van der Waals surface area contributed by atoms with E-state index in [1.807, 2.05) is 53.9 Å². The van der Waals surface area contributed by atoms with Crippen molar-refractivity contribution < 1.29 is 19.1 Å². The average Bonchev–Trinajstić information content (AvgIpc) is 3.21. The Bertz CT molecular complexity index is 1070. The molecule has 0 spiro atoms. The van der Waals surface area contributed by atoms with Gasteiger partial charge in [-0.1, -0.05) is 55.5 Å². The SMILES string of the molecule is C=CCc1ccccc1OCC(=O)Nc1scc(-c2ccc(CC)cc2)c1C(=O)OC. The van der Waals surface area contributed by atoms with E-state index in [0.717, 1.165) is 23.1 Å². The zero-order chi connectivity index (χ0) is 22.2. The maximum atomic E-state index is 12.5. The predicted octanol–water partition coefficient (Wildman–Crippen LogP) is 5.51. The molecule has 5 nitrogen and oxygen atoms in total. The Hall–Kier alpha value is -3.38. The third kappa shape index (κ3) is 5.41. The largest absolute Gasteiger partial charge is 0.483 e. The highest BCUT2D eigenvalue weighted by Gasteiger charge is 2.22. The molecule has 0 saturated heterocycles. The number of ether oxygens (including phenoxy) is 2. The standard InChI is InChI=1S/C25H25NO4S/c1-4-8-19-9-6-7-10-21(19)30-15-22(27)26-24-23(25(28)29-3)20(16-31-24)18-13-11-17(5-2)12-14-18/h4,6-7,9-14,16H,1,5,8,15H2,2-3H3,(H,26,27). The molecule has 0 atom stereocenters. The lowest BCUT2D eigenvalue weighted by Crippen LogP contribution is -2.21. The molecule has 1 heterocycles. The zero-order valence-corrected chi connectivity index (χ0v) is 18.5. The lowest BCUT2D eigenvalue weighted by atomic mass is 10.0. The number of rotatable bonds is 9. The van der Waals surface area contributed by atoms with E-state index >= 15 is 0 Å².